The third kappa shape index (κ3) is 3.44. The molecule has 0 saturated heterocycles. The van der Waals surface area contributed by atoms with Crippen molar-refractivity contribution in [3.8, 4) is 11.5 Å². The van der Waals surface area contributed by atoms with E-state index in [1.54, 1.807) is 25.1 Å². The van der Waals surface area contributed by atoms with E-state index in [1.807, 2.05) is 38.1 Å². The van der Waals surface area contributed by atoms with Crippen LogP contribution in [0.5, 0.6) is 11.5 Å². The van der Waals surface area contributed by atoms with Gasteiger partial charge in [0.2, 0.25) is 0 Å². The first-order valence-corrected chi connectivity index (χ1v) is 8.62. The van der Waals surface area contributed by atoms with Crippen molar-refractivity contribution in [2.45, 2.75) is 20.8 Å². The lowest BCUT2D eigenvalue weighted by molar-refractivity contribution is -0.114. The van der Waals surface area contributed by atoms with Crippen LogP contribution in [0.2, 0.25) is 5.02 Å². The predicted molar refractivity (Wildman–Crippen MR) is 104 cm³/mol. The number of rotatable bonds is 4. The average Bonchev–Trinajstić information content (AvgIpc) is 2.88. The number of hydrogen-bond donors (Lipinski definition) is 1. The van der Waals surface area contributed by atoms with E-state index in [2.05, 4.69) is 5.10 Å². The van der Waals surface area contributed by atoms with Crippen molar-refractivity contribution in [3.63, 3.8) is 0 Å². The lowest BCUT2D eigenvalue weighted by Gasteiger charge is -2.12. The summed E-state index contributed by atoms with van der Waals surface area (Å²) >= 11 is 6.07. The SMILES string of the molecule is CCOc1cc(C=C2C(=O)N(c3ccc(C)cc3)N=C2C)cc(Cl)c1O. The Labute approximate surface area is 157 Å². The van der Waals surface area contributed by atoms with Crippen molar-refractivity contribution in [1.29, 1.82) is 0 Å². The van der Waals surface area contributed by atoms with Crippen LogP contribution in [-0.2, 0) is 4.79 Å². The fraction of sp³-hybridized carbons (Fsp3) is 0.200. The van der Waals surface area contributed by atoms with E-state index in [4.69, 9.17) is 16.3 Å². The van der Waals surface area contributed by atoms with Gasteiger partial charge in [-0.25, -0.2) is 0 Å². The molecule has 1 N–H and O–H groups in total. The van der Waals surface area contributed by atoms with Gasteiger partial charge in [0, 0.05) is 0 Å². The number of benzene rings is 2. The fourth-order valence-electron chi connectivity index (χ4n) is 2.65. The van der Waals surface area contributed by atoms with Crippen LogP contribution in [0, 0.1) is 6.92 Å². The fourth-order valence-corrected chi connectivity index (χ4v) is 2.87. The Morgan fingerprint density at radius 3 is 2.58 bits per heavy atom. The minimum atomic E-state index is -0.214. The number of nitrogens with zero attached hydrogens (tertiary/aromatic N) is 2. The molecule has 26 heavy (non-hydrogen) atoms. The molecule has 6 heteroatoms. The number of amides is 1. The molecular formula is C20H19ClN2O3. The number of hydrazone groups is 1. The van der Waals surface area contributed by atoms with Gasteiger partial charge < -0.3 is 9.84 Å². The van der Waals surface area contributed by atoms with Crippen LogP contribution in [0.25, 0.3) is 6.08 Å². The summed E-state index contributed by atoms with van der Waals surface area (Å²) in [7, 11) is 0. The van der Waals surface area contributed by atoms with Crippen molar-refractivity contribution in [3.05, 3.63) is 58.1 Å². The molecule has 1 heterocycles. The Balaban J connectivity index is 1.96. The largest absolute Gasteiger partial charge is 0.503 e. The monoisotopic (exact) mass is 370 g/mol. The summed E-state index contributed by atoms with van der Waals surface area (Å²) < 4.78 is 5.39. The normalized spacial score (nSPS) is 15.5. The van der Waals surface area contributed by atoms with Gasteiger partial charge in [-0.3, -0.25) is 4.79 Å². The van der Waals surface area contributed by atoms with E-state index in [1.165, 1.54) is 5.01 Å². The molecule has 0 saturated carbocycles. The molecule has 0 unspecified atom stereocenters. The molecule has 5 nitrogen and oxygen atoms in total. The van der Waals surface area contributed by atoms with Gasteiger partial charge in [-0.05, 0) is 56.7 Å². The van der Waals surface area contributed by atoms with E-state index in [0.29, 0.717) is 29.1 Å². The van der Waals surface area contributed by atoms with Gasteiger partial charge in [-0.2, -0.15) is 10.1 Å². The minimum Gasteiger partial charge on any atom is -0.503 e. The van der Waals surface area contributed by atoms with Gasteiger partial charge in [0.15, 0.2) is 11.5 Å². The summed E-state index contributed by atoms with van der Waals surface area (Å²) in [6, 6.07) is 10.8. The Bertz CT molecular complexity index is 917. The molecule has 0 radical (unpaired) electrons. The third-order valence-corrected chi connectivity index (χ3v) is 4.29. The van der Waals surface area contributed by atoms with Crippen molar-refractivity contribution >= 4 is 35.0 Å². The highest BCUT2D eigenvalue weighted by atomic mass is 35.5. The lowest BCUT2D eigenvalue weighted by Crippen LogP contribution is -2.21. The number of halogens is 1. The molecule has 0 bridgehead atoms. The molecule has 0 aromatic heterocycles. The molecule has 0 fully saturated rings. The standard InChI is InChI=1S/C20H19ClN2O3/c1-4-26-18-11-14(10-17(21)19(18)24)9-16-13(3)22-23(20(16)25)15-7-5-12(2)6-8-15/h5-11,24H,4H2,1-3H3. The van der Waals surface area contributed by atoms with Crippen LogP contribution in [0.3, 0.4) is 0 Å². The first-order valence-electron chi connectivity index (χ1n) is 8.24. The van der Waals surface area contributed by atoms with Crippen LogP contribution in [-0.4, -0.2) is 23.3 Å². The Hall–Kier alpha value is -2.79. The maximum absolute atomic E-state index is 12.8. The van der Waals surface area contributed by atoms with E-state index in [-0.39, 0.29) is 22.4 Å². The smallest absolute Gasteiger partial charge is 0.280 e. The van der Waals surface area contributed by atoms with Crippen LogP contribution in [0.4, 0.5) is 5.69 Å². The highest BCUT2D eigenvalue weighted by Crippen LogP contribution is 2.36. The highest BCUT2D eigenvalue weighted by Gasteiger charge is 2.28. The van der Waals surface area contributed by atoms with Gasteiger partial charge in [-0.1, -0.05) is 29.3 Å². The van der Waals surface area contributed by atoms with Gasteiger partial charge in [0.25, 0.3) is 5.91 Å². The van der Waals surface area contributed by atoms with Crippen molar-refractivity contribution in [2.24, 2.45) is 5.10 Å². The summed E-state index contributed by atoms with van der Waals surface area (Å²) in [5, 5.41) is 15.9. The zero-order valence-electron chi connectivity index (χ0n) is 14.8. The number of carbonyl (C=O) groups excluding carboxylic acids is 1. The number of phenols is 1. The molecule has 134 valence electrons. The summed E-state index contributed by atoms with van der Waals surface area (Å²) in [5.74, 6) is -0.0455. The second-order valence-electron chi connectivity index (χ2n) is 5.98. The van der Waals surface area contributed by atoms with E-state index < -0.39 is 0 Å². The van der Waals surface area contributed by atoms with Gasteiger partial charge in [0.05, 0.1) is 28.6 Å². The zero-order valence-corrected chi connectivity index (χ0v) is 15.5. The molecule has 1 amide bonds. The summed E-state index contributed by atoms with van der Waals surface area (Å²) in [4.78, 5) is 12.8. The third-order valence-electron chi connectivity index (χ3n) is 4.00. The molecule has 0 aliphatic carbocycles. The summed E-state index contributed by atoms with van der Waals surface area (Å²) in [6.45, 7) is 5.98. The molecule has 3 rings (SSSR count). The molecule has 0 atom stereocenters. The first-order chi connectivity index (χ1) is 12.4. The van der Waals surface area contributed by atoms with E-state index >= 15 is 0 Å². The second-order valence-corrected chi connectivity index (χ2v) is 6.39. The van der Waals surface area contributed by atoms with Crippen LogP contribution in [0.1, 0.15) is 25.0 Å². The number of hydrogen-bond acceptors (Lipinski definition) is 4. The maximum atomic E-state index is 12.8. The minimum absolute atomic E-state index is 0.111. The number of anilines is 1. The van der Waals surface area contributed by atoms with Gasteiger partial charge in [0.1, 0.15) is 0 Å². The van der Waals surface area contributed by atoms with Crippen LogP contribution < -0.4 is 9.75 Å². The number of aryl methyl sites for hydroxylation is 1. The summed E-state index contributed by atoms with van der Waals surface area (Å²) in [6.07, 6.45) is 1.70. The van der Waals surface area contributed by atoms with Crippen LogP contribution >= 0.6 is 11.6 Å². The second kappa shape index (κ2) is 7.22. The van der Waals surface area contributed by atoms with Crippen molar-refractivity contribution in [2.75, 3.05) is 11.6 Å². The van der Waals surface area contributed by atoms with Crippen molar-refractivity contribution in [1.82, 2.24) is 0 Å². The quantitative estimate of drug-likeness (QED) is 0.802. The Morgan fingerprint density at radius 1 is 1.23 bits per heavy atom. The Morgan fingerprint density at radius 2 is 1.92 bits per heavy atom. The Kier molecular flexibility index (Phi) is 5.00. The number of aromatic hydroxyl groups is 1. The summed E-state index contributed by atoms with van der Waals surface area (Å²) in [5.41, 5.74) is 3.55. The first kappa shape index (κ1) is 18.0. The molecule has 2 aromatic carbocycles. The van der Waals surface area contributed by atoms with E-state index in [0.717, 1.165) is 5.56 Å². The average molecular weight is 371 g/mol. The van der Waals surface area contributed by atoms with Crippen molar-refractivity contribution < 1.29 is 14.6 Å². The molecule has 1 aliphatic rings. The van der Waals surface area contributed by atoms with E-state index in [9.17, 15) is 9.90 Å². The zero-order chi connectivity index (χ0) is 18.8. The molecule has 0 spiro atoms. The van der Waals surface area contributed by atoms with Gasteiger partial charge in [-0.15, -0.1) is 0 Å². The number of phenolic OH excluding ortho intramolecular Hbond substituents is 1. The topological polar surface area (TPSA) is 62.1 Å². The molecule has 1 aliphatic heterocycles. The highest BCUT2D eigenvalue weighted by molar-refractivity contribution is 6.33. The lowest BCUT2D eigenvalue weighted by atomic mass is 10.1. The van der Waals surface area contributed by atoms with Crippen LogP contribution in [0.15, 0.2) is 47.1 Å². The maximum Gasteiger partial charge on any atom is 0.280 e. The van der Waals surface area contributed by atoms with Gasteiger partial charge >= 0.3 is 0 Å². The number of carbonyl (C=O) groups is 1. The molecular weight excluding hydrogens is 352 g/mol. The molecule has 2 aromatic rings. The predicted octanol–water partition coefficient (Wildman–Crippen LogP) is 4.56. The number of ether oxygens (including phenoxy) is 1.